The molecule has 8 nitrogen and oxygen atoms in total. The van der Waals surface area contributed by atoms with Gasteiger partial charge in [-0.25, -0.2) is 0 Å². The van der Waals surface area contributed by atoms with E-state index in [0.29, 0.717) is 18.5 Å². The molecule has 0 fully saturated rings. The Morgan fingerprint density at radius 2 is 1.79 bits per heavy atom. The van der Waals surface area contributed by atoms with Crippen LogP contribution in [-0.4, -0.2) is 48.8 Å². The Labute approximate surface area is 168 Å². The third-order valence-electron chi connectivity index (χ3n) is 4.74. The zero-order valence-electron chi connectivity index (χ0n) is 15.7. The van der Waals surface area contributed by atoms with E-state index in [1.54, 1.807) is 12.1 Å². The van der Waals surface area contributed by atoms with E-state index in [2.05, 4.69) is 5.32 Å². The van der Waals surface area contributed by atoms with E-state index in [9.17, 15) is 18.0 Å². The predicted molar refractivity (Wildman–Crippen MR) is 108 cm³/mol. The lowest BCUT2D eigenvalue weighted by Crippen LogP contribution is -2.30. The second kappa shape index (κ2) is 8.62. The smallest absolute Gasteiger partial charge is 0.305 e. The molecule has 2 aromatic carbocycles. The summed E-state index contributed by atoms with van der Waals surface area (Å²) >= 11 is 0. The lowest BCUT2D eigenvalue weighted by Gasteiger charge is -2.34. The summed E-state index contributed by atoms with van der Waals surface area (Å²) in [4.78, 5) is 25.3. The predicted octanol–water partition coefficient (Wildman–Crippen LogP) is 2.21. The summed E-state index contributed by atoms with van der Waals surface area (Å²) in [5.74, 6) is -1.68. The highest BCUT2D eigenvalue weighted by atomic mass is 32.2. The van der Waals surface area contributed by atoms with Crippen molar-refractivity contribution < 1.29 is 27.7 Å². The van der Waals surface area contributed by atoms with Crippen LogP contribution in [0.1, 0.15) is 34.3 Å². The maximum Gasteiger partial charge on any atom is 0.305 e. The molecule has 0 saturated heterocycles. The number of nitrogens with zero attached hydrogens (tertiary/aromatic N) is 1. The number of para-hydroxylation sites is 1. The van der Waals surface area contributed by atoms with Gasteiger partial charge in [-0.1, -0.05) is 24.3 Å². The average Bonchev–Trinajstić information content (AvgIpc) is 2.65. The van der Waals surface area contributed by atoms with Crippen LogP contribution in [0.3, 0.4) is 0 Å². The van der Waals surface area contributed by atoms with Gasteiger partial charge in [0.05, 0.1) is 12.2 Å². The van der Waals surface area contributed by atoms with Gasteiger partial charge in [0.15, 0.2) is 0 Å². The van der Waals surface area contributed by atoms with Crippen LogP contribution in [0.4, 0.5) is 11.4 Å². The fourth-order valence-electron chi connectivity index (χ4n) is 3.49. The molecular formula is C20H22N2O6S. The number of hydrogen-bond acceptors (Lipinski definition) is 5. The van der Waals surface area contributed by atoms with Crippen LogP contribution in [0, 0.1) is 0 Å². The Bertz CT molecular complexity index is 1040. The zero-order valence-corrected chi connectivity index (χ0v) is 16.5. The molecule has 3 N–H and O–H groups in total. The number of carbonyl (C=O) groups excluding carboxylic acids is 1. The van der Waals surface area contributed by atoms with Crippen molar-refractivity contribution in [1.82, 2.24) is 5.32 Å². The van der Waals surface area contributed by atoms with Gasteiger partial charge >= 0.3 is 5.97 Å². The Morgan fingerprint density at radius 3 is 2.52 bits per heavy atom. The van der Waals surface area contributed by atoms with Crippen LogP contribution in [0.15, 0.2) is 42.5 Å². The van der Waals surface area contributed by atoms with Crippen molar-refractivity contribution in [1.29, 1.82) is 0 Å². The van der Waals surface area contributed by atoms with Gasteiger partial charge in [0.2, 0.25) is 0 Å². The zero-order chi connectivity index (χ0) is 21.0. The first-order valence-corrected chi connectivity index (χ1v) is 10.8. The number of rotatable bonds is 8. The minimum atomic E-state index is -4.06. The Kier molecular flexibility index (Phi) is 6.19. The molecule has 0 aromatic heterocycles. The quantitative estimate of drug-likeness (QED) is 0.562. The van der Waals surface area contributed by atoms with Gasteiger partial charge in [-0.2, -0.15) is 8.42 Å². The van der Waals surface area contributed by atoms with Crippen LogP contribution < -0.4 is 10.2 Å². The first kappa shape index (κ1) is 20.8. The van der Waals surface area contributed by atoms with E-state index in [1.807, 2.05) is 35.2 Å². The van der Waals surface area contributed by atoms with E-state index in [-0.39, 0.29) is 31.0 Å². The van der Waals surface area contributed by atoms with Crippen molar-refractivity contribution in [3.63, 3.8) is 0 Å². The Hall–Kier alpha value is -2.91. The largest absolute Gasteiger partial charge is 0.481 e. The number of carbonyl (C=O) groups is 2. The molecular weight excluding hydrogens is 396 g/mol. The molecule has 29 heavy (non-hydrogen) atoms. The number of nitrogens with one attached hydrogen (secondary N) is 1. The molecule has 0 atom stereocenters. The molecule has 2 aromatic rings. The summed E-state index contributed by atoms with van der Waals surface area (Å²) in [6, 6.07) is 13.0. The van der Waals surface area contributed by atoms with E-state index in [0.717, 1.165) is 22.5 Å². The Balaban J connectivity index is 1.91. The molecule has 0 bridgehead atoms. The van der Waals surface area contributed by atoms with Crippen molar-refractivity contribution in [2.24, 2.45) is 0 Å². The second-order valence-corrected chi connectivity index (χ2v) is 8.37. The highest BCUT2D eigenvalue weighted by Crippen LogP contribution is 2.40. The number of anilines is 2. The lowest BCUT2D eigenvalue weighted by molar-refractivity contribution is -0.136. The van der Waals surface area contributed by atoms with Crippen molar-refractivity contribution >= 4 is 33.4 Å². The summed E-state index contributed by atoms with van der Waals surface area (Å²) < 4.78 is 31.2. The average molecular weight is 418 g/mol. The summed E-state index contributed by atoms with van der Waals surface area (Å²) in [5, 5.41) is 11.4. The molecule has 1 heterocycles. The molecule has 0 radical (unpaired) electrons. The first-order chi connectivity index (χ1) is 13.8. The van der Waals surface area contributed by atoms with Gasteiger partial charge in [-0.15, -0.1) is 0 Å². The van der Waals surface area contributed by atoms with E-state index < -0.39 is 16.1 Å². The van der Waals surface area contributed by atoms with Gasteiger partial charge in [-0.3, -0.25) is 14.1 Å². The highest BCUT2D eigenvalue weighted by Gasteiger charge is 2.26. The first-order valence-electron chi connectivity index (χ1n) is 9.19. The summed E-state index contributed by atoms with van der Waals surface area (Å²) in [5.41, 5.74) is 3.98. The minimum absolute atomic E-state index is 0.0342. The van der Waals surface area contributed by atoms with E-state index >= 15 is 0 Å². The third kappa shape index (κ3) is 5.12. The minimum Gasteiger partial charge on any atom is -0.481 e. The molecule has 0 aliphatic carbocycles. The lowest BCUT2D eigenvalue weighted by atomic mass is 9.91. The van der Waals surface area contributed by atoms with Crippen LogP contribution >= 0.6 is 0 Å². The molecule has 0 unspecified atom stereocenters. The molecule has 1 aliphatic rings. The topological polar surface area (TPSA) is 124 Å². The normalized spacial score (nSPS) is 12.8. The standard InChI is InChI=1S/C20H22N2O6S/c23-19(24)9-10-21-20(25)15-6-3-8-18-16(15)13-14-5-1-2-7-17(14)22(18)11-4-12-29(26,27)28/h1-3,5-8H,4,9-13H2,(H,21,25)(H,23,24)(H,26,27,28). The van der Waals surface area contributed by atoms with Crippen molar-refractivity contribution in [2.75, 3.05) is 23.7 Å². The molecule has 1 aliphatic heterocycles. The maximum absolute atomic E-state index is 12.6. The maximum atomic E-state index is 12.6. The molecule has 0 spiro atoms. The third-order valence-corrected chi connectivity index (χ3v) is 5.55. The van der Waals surface area contributed by atoms with Gasteiger partial charge in [0.1, 0.15) is 0 Å². The number of hydrogen-bond donors (Lipinski definition) is 3. The SMILES string of the molecule is O=C(O)CCNC(=O)c1cccc2c1Cc1ccccc1N2CCCS(=O)(=O)O. The fraction of sp³-hybridized carbons (Fsp3) is 0.300. The number of amides is 1. The number of aliphatic carboxylic acids is 1. The molecule has 154 valence electrons. The van der Waals surface area contributed by atoms with E-state index in [4.69, 9.17) is 9.66 Å². The summed E-state index contributed by atoms with van der Waals surface area (Å²) in [6.45, 7) is 0.389. The number of carboxylic acids is 1. The number of fused-ring (bicyclic) bond motifs is 2. The molecule has 9 heteroatoms. The second-order valence-electron chi connectivity index (χ2n) is 6.80. The monoisotopic (exact) mass is 418 g/mol. The van der Waals surface area contributed by atoms with Crippen LogP contribution in [0.5, 0.6) is 0 Å². The summed E-state index contributed by atoms with van der Waals surface area (Å²) in [6.07, 6.45) is 0.593. The van der Waals surface area contributed by atoms with Crippen molar-refractivity contribution in [3.8, 4) is 0 Å². The molecule has 0 saturated carbocycles. The fourth-order valence-corrected chi connectivity index (χ4v) is 3.99. The van der Waals surface area contributed by atoms with Gasteiger partial charge in [0.25, 0.3) is 16.0 Å². The van der Waals surface area contributed by atoms with Crippen molar-refractivity contribution in [2.45, 2.75) is 19.3 Å². The summed E-state index contributed by atoms with van der Waals surface area (Å²) in [7, 11) is -4.06. The van der Waals surface area contributed by atoms with Crippen LogP contribution in [-0.2, 0) is 21.3 Å². The van der Waals surface area contributed by atoms with Gasteiger partial charge in [0, 0.05) is 36.4 Å². The molecule has 3 rings (SSSR count). The van der Waals surface area contributed by atoms with E-state index in [1.165, 1.54) is 0 Å². The Morgan fingerprint density at radius 1 is 1.07 bits per heavy atom. The number of carboxylic acid groups (broad SMARTS) is 1. The number of benzene rings is 2. The molecule has 1 amide bonds. The van der Waals surface area contributed by atoms with Crippen LogP contribution in [0.25, 0.3) is 0 Å². The van der Waals surface area contributed by atoms with Gasteiger partial charge < -0.3 is 15.3 Å². The van der Waals surface area contributed by atoms with Crippen LogP contribution in [0.2, 0.25) is 0 Å². The highest BCUT2D eigenvalue weighted by molar-refractivity contribution is 7.85. The van der Waals surface area contributed by atoms with Crippen molar-refractivity contribution in [3.05, 3.63) is 59.2 Å². The van der Waals surface area contributed by atoms with Gasteiger partial charge in [-0.05, 0) is 35.7 Å².